The van der Waals surface area contributed by atoms with Crippen molar-refractivity contribution in [3.8, 4) is 0 Å². The summed E-state index contributed by atoms with van der Waals surface area (Å²) in [4.78, 5) is 21.6. The van der Waals surface area contributed by atoms with Crippen molar-refractivity contribution in [2.24, 2.45) is 0 Å². The van der Waals surface area contributed by atoms with Crippen molar-refractivity contribution in [3.63, 3.8) is 0 Å². The average Bonchev–Trinajstić information content (AvgIpc) is 1.12. The molecule has 0 spiro atoms. The number of hydrogen-bond donors (Lipinski definition) is 6. The fraction of sp³-hybridized carbons (Fsp3) is 0. The van der Waals surface area contributed by atoms with Crippen molar-refractivity contribution in [3.05, 3.63) is 0 Å². The Morgan fingerprint density at radius 1 is 1.08 bits per heavy atom. The fourth-order valence-corrected chi connectivity index (χ4v) is 0. The van der Waals surface area contributed by atoms with Gasteiger partial charge in [0.2, 0.25) is 0 Å². The second-order valence-electron chi connectivity index (χ2n) is 1.03. The van der Waals surface area contributed by atoms with Gasteiger partial charge in [-0.15, -0.1) is 0 Å². The van der Waals surface area contributed by atoms with Crippen LogP contribution < -0.4 is 0 Å². The zero-order valence-electron chi connectivity index (χ0n) is 9.81. The first-order chi connectivity index (χ1) is 4.00. The van der Waals surface area contributed by atoms with Crippen LogP contribution >= 0.6 is 7.82 Å². The summed E-state index contributed by atoms with van der Waals surface area (Å²) in [6, 6.07) is 0. The maximum atomic E-state index is 8.94. The molecule has 0 atom stereocenters. The molecule has 0 aromatic carbocycles. The van der Waals surface area contributed by atoms with Crippen molar-refractivity contribution in [1.82, 2.24) is 0 Å². The zero-order chi connectivity index (χ0) is 9.00. The fourth-order valence-electron chi connectivity index (χ4n) is 0. The summed E-state index contributed by atoms with van der Waals surface area (Å²) >= 11 is -5.12. The van der Waals surface area contributed by atoms with E-state index in [1.54, 1.807) is 0 Å². The Labute approximate surface area is 144 Å². The van der Waals surface area contributed by atoms with Crippen LogP contribution in [0.5, 0.6) is 0 Å². The molecule has 8 nitrogen and oxygen atoms in total. The van der Waals surface area contributed by atoms with Gasteiger partial charge in [-0.3, -0.25) is 0 Å². The molecule has 0 unspecified atom stereocenters. The monoisotopic (exact) mass is 372 g/mol. The topological polar surface area (TPSA) is 156 Å². The van der Waals surface area contributed by atoms with E-state index in [0.717, 1.165) is 0 Å². The molecule has 0 heterocycles. The summed E-state index contributed by atoms with van der Waals surface area (Å²) in [7, 11) is -4.64. The molecular formula is H10AsCaO8PSr. The average molecular weight is 372 g/mol. The first kappa shape index (κ1) is 24.4. The first-order valence-corrected chi connectivity index (χ1v) is 6.41. The van der Waals surface area contributed by atoms with E-state index in [0.29, 0.717) is 0 Å². The maximum Gasteiger partial charge on any atom is 2.00 e. The smallest absolute Gasteiger partial charge is 1.00 e. The third-order valence-corrected chi connectivity index (χ3v) is 0. The second kappa shape index (κ2) is 10.6. The van der Waals surface area contributed by atoms with Crippen LogP contribution in [0.15, 0.2) is 0 Å². The van der Waals surface area contributed by atoms with E-state index in [2.05, 4.69) is 0 Å². The molecule has 0 aliphatic rings. The van der Waals surface area contributed by atoms with Gasteiger partial charge in [0.1, 0.15) is 0 Å². The molecule has 0 aliphatic heterocycles. The zero-order valence-corrected chi connectivity index (χ0v) is 14.3. The molecule has 6 N–H and O–H groups in total. The van der Waals surface area contributed by atoms with Gasteiger partial charge in [0.15, 0.2) is 0 Å². The molecule has 0 aromatic rings. The first-order valence-electron chi connectivity index (χ1n) is 1.57. The van der Waals surface area contributed by atoms with Crippen molar-refractivity contribution in [2.45, 2.75) is 0 Å². The predicted octanol–water partition coefficient (Wildman–Crippen LogP) is -3.41. The maximum absolute atomic E-state index is 8.94. The van der Waals surface area contributed by atoms with E-state index in [1.807, 2.05) is 0 Å². The number of rotatable bonds is 0. The molecule has 12 heavy (non-hydrogen) atoms. The molecule has 0 aromatic heterocycles. The van der Waals surface area contributed by atoms with Crippen LogP contribution in [0.2, 0.25) is 0 Å². The van der Waals surface area contributed by atoms with Gasteiger partial charge in [0, 0.05) is 0 Å². The third kappa shape index (κ3) is 200. The Hall–Kier alpha value is 3.09. The third-order valence-electron chi connectivity index (χ3n) is 0. The van der Waals surface area contributed by atoms with E-state index in [9.17, 15) is 0 Å². The second-order valence-corrected chi connectivity index (χ2v) is 4.21. The Balaban J connectivity index is -0.00000000970. The molecule has 72 valence electrons. The van der Waals surface area contributed by atoms with Gasteiger partial charge in [0.25, 0.3) is 0 Å². The minimum atomic E-state index is -5.12. The Morgan fingerprint density at radius 2 is 1.08 bits per heavy atom. The molecule has 0 amide bonds. The van der Waals surface area contributed by atoms with Crippen LogP contribution in [0.3, 0.4) is 0 Å². The Morgan fingerprint density at radius 3 is 1.08 bits per heavy atom. The standard InChI is InChI=1S/AsH3O4.Ca.H3O4P.Sr.4H/c2-1(3,4)5;;1-5(2,3)4;;;;;/h(H3,2,3,4,5);;(H3,1,2,3,4);;;;;/q;+2;;+2;4*-1. The predicted molar refractivity (Wildman–Crippen MR) is 43.3 cm³/mol. The van der Waals surface area contributed by atoms with E-state index >= 15 is 0 Å². The van der Waals surface area contributed by atoms with E-state index < -0.39 is 22.3 Å². The minimum Gasteiger partial charge on any atom is -1.00 e. The van der Waals surface area contributed by atoms with Crippen molar-refractivity contribution in [2.75, 3.05) is 0 Å². The van der Waals surface area contributed by atoms with Gasteiger partial charge >= 0.3 is 122 Å². The van der Waals surface area contributed by atoms with E-state index in [1.165, 1.54) is 0 Å². The summed E-state index contributed by atoms with van der Waals surface area (Å²) in [5.74, 6) is 0. The quantitative estimate of drug-likeness (QED) is 0.190. The van der Waals surface area contributed by atoms with Crippen molar-refractivity contribution < 1.29 is 41.0 Å². The van der Waals surface area contributed by atoms with Crippen LogP contribution in [0.4, 0.5) is 0 Å². The van der Waals surface area contributed by atoms with Gasteiger partial charge in [-0.25, -0.2) is 4.57 Å². The molecule has 12 heteroatoms. The summed E-state index contributed by atoms with van der Waals surface area (Å²) in [5, 5.41) is 0. The summed E-state index contributed by atoms with van der Waals surface area (Å²) < 4.78 is 39.6. The van der Waals surface area contributed by atoms with Crippen LogP contribution in [0.1, 0.15) is 5.71 Å². The van der Waals surface area contributed by atoms with Gasteiger partial charge in [-0.05, 0) is 0 Å². The van der Waals surface area contributed by atoms with Gasteiger partial charge in [-0.1, -0.05) is 0 Å². The van der Waals surface area contributed by atoms with Crippen LogP contribution in [-0.4, -0.2) is 125 Å². The molecule has 0 bridgehead atoms. The molecule has 0 aliphatic carbocycles. The summed E-state index contributed by atoms with van der Waals surface area (Å²) in [6.07, 6.45) is 0. The Kier molecular flexibility index (Phi) is 21.5. The van der Waals surface area contributed by atoms with Crippen LogP contribution in [0, 0.1) is 0 Å². The largest absolute Gasteiger partial charge is 2.00 e. The van der Waals surface area contributed by atoms with Crippen LogP contribution in [0.25, 0.3) is 0 Å². The SMILES string of the molecule is O=P(O)(O)O.O=[As](O)(O)O.[Ca+2].[H-].[H-].[H-].[H-].[Sr+2]. The van der Waals surface area contributed by atoms with Crippen LogP contribution in [-0.2, 0) is 8.30 Å². The number of phosphoric acid groups is 1. The van der Waals surface area contributed by atoms with Gasteiger partial charge < -0.3 is 20.4 Å². The molecule has 0 saturated carbocycles. The molecule has 0 fully saturated rings. The summed E-state index contributed by atoms with van der Waals surface area (Å²) in [5.41, 5.74) is 0. The summed E-state index contributed by atoms with van der Waals surface area (Å²) in [6.45, 7) is 0. The van der Waals surface area contributed by atoms with E-state index in [-0.39, 0.29) is 88.9 Å². The molecular weight excluding hydrogens is 362 g/mol. The van der Waals surface area contributed by atoms with Crippen molar-refractivity contribution in [1.29, 1.82) is 0 Å². The Bertz CT molecular complexity index is 144. The molecule has 0 rings (SSSR count). The minimum absolute atomic E-state index is 0. The molecule has 0 radical (unpaired) electrons. The molecule has 0 saturated heterocycles. The van der Waals surface area contributed by atoms with Crippen molar-refractivity contribution >= 4 is 106 Å². The number of hydrogen-bond acceptors (Lipinski definition) is 2. The van der Waals surface area contributed by atoms with Gasteiger partial charge in [-0.2, -0.15) is 0 Å². The van der Waals surface area contributed by atoms with E-state index in [4.69, 9.17) is 35.3 Å². The van der Waals surface area contributed by atoms with Gasteiger partial charge in [0.05, 0.1) is 0 Å². The normalized spacial score (nSPS) is 9.83.